The van der Waals surface area contributed by atoms with Gasteiger partial charge in [-0.2, -0.15) is 4.33 Å². The van der Waals surface area contributed by atoms with Crippen molar-refractivity contribution >= 4 is 12.2 Å². The largest absolute Gasteiger partial charge is 1.00 e. The number of rotatable bonds is 12. The quantitative estimate of drug-likeness (QED) is 0.0228. The van der Waals surface area contributed by atoms with Crippen LogP contribution in [-0.4, -0.2) is 142 Å². The number of nitrogens with two attached hydrogens (primary N) is 2. The molecule has 20 heteroatoms. The molecule has 3 fully saturated rings. The molecule has 3 aliphatic heterocycles. The van der Waals surface area contributed by atoms with Crippen molar-refractivity contribution in [3.63, 3.8) is 0 Å². The molecule has 0 spiro atoms. The zero-order chi connectivity index (χ0) is 33.9. The molecule has 0 radical (unpaired) electrons. The molecule has 0 aromatic rings. The molecule has 266 valence electrons. The molecule has 0 bridgehead atoms. The smallest absolute Gasteiger partial charge is 0.691 e. The molecule has 3 saturated heterocycles. The van der Waals surface area contributed by atoms with Crippen molar-refractivity contribution in [1.29, 1.82) is 0 Å². The van der Waals surface area contributed by atoms with Gasteiger partial charge in [-0.15, -0.1) is 0 Å². The van der Waals surface area contributed by atoms with Crippen LogP contribution in [0.1, 0.15) is 41.5 Å². The first kappa shape index (κ1) is 42.8. The monoisotopic (exact) mass is 699 g/mol. The average molecular weight is 700 g/mol. The van der Waals surface area contributed by atoms with Crippen LogP contribution in [0.2, 0.25) is 0 Å². The predicted molar refractivity (Wildman–Crippen MR) is 151 cm³/mol. The summed E-state index contributed by atoms with van der Waals surface area (Å²) in [6, 6.07) is -3.54. The zero-order valence-corrected chi connectivity index (χ0v) is 30.0. The molecule has 15 atom stereocenters. The molecule has 15 unspecified atom stereocenters. The van der Waals surface area contributed by atoms with E-state index in [0.29, 0.717) is 12.2 Å². The molecule has 11 N–H and O–H groups in total. The summed E-state index contributed by atoms with van der Waals surface area (Å²) in [7, 11) is 0. The van der Waals surface area contributed by atoms with E-state index >= 15 is 0 Å². The van der Waals surface area contributed by atoms with Crippen LogP contribution in [0, 0.1) is 11.3 Å². The summed E-state index contributed by atoms with van der Waals surface area (Å²) in [6.45, 7) is 9.09. The number of hydrogen-bond donors (Lipinski definition) is 9. The van der Waals surface area contributed by atoms with Crippen LogP contribution in [0.3, 0.4) is 0 Å². The number of ether oxygens (including phenoxy) is 6. The van der Waals surface area contributed by atoms with Crippen molar-refractivity contribution in [1.82, 2.24) is 4.72 Å². The molecule has 0 aromatic carbocycles. The van der Waals surface area contributed by atoms with Gasteiger partial charge in [-0.25, -0.2) is 4.72 Å². The van der Waals surface area contributed by atoms with Gasteiger partial charge in [-0.05, 0) is 26.2 Å². The van der Waals surface area contributed by atoms with Gasteiger partial charge < -0.3 is 75.8 Å². The summed E-state index contributed by atoms with van der Waals surface area (Å²) >= 11 is 0.351. The van der Waals surface area contributed by atoms with Crippen LogP contribution >= 0.6 is 12.2 Å². The van der Waals surface area contributed by atoms with E-state index in [1.807, 2.05) is 20.8 Å². The van der Waals surface area contributed by atoms with E-state index in [-0.39, 0.29) is 29.6 Å². The van der Waals surface area contributed by atoms with Gasteiger partial charge in [0.15, 0.2) is 18.9 Å². The normalized spacial score (nSPS) is 42.5. The first-order valence-corrected chi connectivity index (χ1v) is 15.4. The van der Waals surface area contributed by atoms with Crippen molar-refractivity contribution in [2.45, 2.75) is 133 Å². The van der Waals surface area contributed by atoms with Crippen LogP contribution in [0.5, 0.6) is 0 Å². The Morgan fingerprint density at radius 2 is 1.20 bits per heavy atom. The van der Waals surface area contributed by atoms with Crippen molar-refractivity contribution in [3.05, 3.63) is 0 Å². The summed E-state index contributed by atoms with van der Waals surface area (Å²) in [5.74, 6) is -0.535. The second kappa shape index (κ2) is 18.2. The van der Waals surface area contributed by atoms with E-state index in [1.165, 1.54) is 0 Å². The van der Waals surface area contributed by atoms with Gasteiger partial charge in [0, 0.05) is 5.92 Å². The van der Waals surface area contributed by atoms with Crippen LogP contribution in [0.25, 0.3) is 0 Å². The topological polar surface area (TPSA) is 282 Å². The molecular formula is C26H50N3NaO15S. The minimum atomic E-state index is -1.56. The van der Waals surface area contributed by atoms with Crippen molar-refractivity contribution in [3.8, 4) is 0 Å². The van der Waals surface area contributed by atoms with Crippen LogP contribution in [0.4, 0.5) is 0 Å². The summed E-state index contributed by atoms with van der Waals surface area (Å²) in [4.78, 5) is 0. The Bertz CT molecular complexity index is 904. The number of nitrogens with one attached hydrogen (secondary N) is 1. The van der Waals surface area contributed by atoms with Gasteiger partial charge in [0.1, 0.15) is 48.9 Å². The van der Waals surface area contributed by atoms with Crippen LogP contribution in [-0.2, 0) is 37.8 Å². The van der Waals surface area contributed by atoms with Crippen molar-refractivity contribution in [2.24, 2.45) is 22.8 Å². The zero-order valence-electron chi connectivity index (χ0n) is 27.2. The fourth-order valence-electron chi connectivity index (χ4n) is 5.90. The second-order valence-corrected chi connectivity index (χ2v) is 14.0. The molecular weight excluding hydrogens is 649 g/mol. The Labute approximate surface area is 294 Å². The van der Waals surface area contributed by atoms with Crippen molar-refractivity contribution < 1.29 is 103 Å². The molecule has 0 aromatic heterocycles. The molecule has 46 heavy (non-hydrogen) atoms. The van der Waals surface area contributed by atoms with E-state index in [9.17, 15) is 35.9 Å². The minimum Gasteiger partial charge on any atom is -0.691 e. The van der Waals surface area contributed by atoms with Gasteiger partial charge in [0.25, 0.3) is 0 Å². The van der Waals surface area contributed by atoms with E-state index in [2.05, 4.69) is 14.1 Å². The molecule has 3 aliphatic rings. The Kier molecular flexibility index (Phi) is 17.0. The Morgan fingerprint density at radius 1 is 0.739 bits per heavy atom. The fraction of sp³-hybridized carbons (Fsp3) is 1.00. The second-order valence-electron chi connectivity index (χ2n) is 13.5. The molecule has 3 rings (SSSR count). The van der Waals surface area contributed by atoms with E-state index in [1.54, 1.807) is 20.8 Å². The van der Waals surface area contributed by atoms with Gasteiger partial charge >= 0.3 is 29.6 Å². The maximum absolute atomic E-state index is 11.3. The Morgan fingerprint density at radius 3 is 1.65 bits per heavy atom. The fourth-order valence-corrected chi connectivity index (χ4v) is 6.33. The molecule has 0 amide bonds. The summed E-state index contributed by atoms with van der Waals surface area (Å²) in [6.07, 6.45) is -14.1. The Hall–Kier alpha value is 0.630. The summed E-state index contributed by atoms with van der Waals surface area (Å²) in [5, 5.41) is 77.4. The predicted octanol–water partition coefficient (Wildman–Crippen LogP) is -7.13. The first-order chi connectivity index (χ1) is 21.0. The SMILES string of the molecule is CC(C)(C)OC1OC(CO)C(OC2OC(CO)C(OC3OC(CO)C(C(C)(C)C)C(O)C3N)C(O)C2N)C(O)C1NSOO[O-].[Na+]. The Balaban J connectivity index is 0.00000736. The van der Waals surface area contributed by atoms with E-state index in [0.717, 1.165) is 0 Å². The molecule has 0 saturated carbocycles. The molecule has 3 heterocycles. The third kappa shape index (κ3) is 10.3. The summed E-state index contributed by atoms with van der Waals surface area (Å²) in [5.41, 5.74) is 11.3. The maximum atomic E-state index is 11.3. The van der Waals surface area contributed by atoms with Gasteiger partial charge in [0.05, 0.1) is 55.8 Å². The van der Waals surface area contributed by atoms with Gasteiger partial charge in [0.2, 0.25) is 0 Å². The van der Waals surface area contributed by atoms with E-state index < -0.39 is 123 Å². The van der Waals surface area contributed by atoms with Crippen LogP contribution < -0.4 is 51.0 Å². The van der Waals surface area contributed by atoms with Gasteiger partial charge in [-0.3, -0.25) is 5.04 Å². The van der Waals surface area contributed by atoms with Gasteiger partial charge in [-0.1, -0.05) is 20.8 Å². The van der Waals surface area contributed by atoms with E-state index in [4.69, 9.17) is 39.9 Å². The number of aliphatic hydroxyl groups excluding tert-OH is 6. The maximum Gasteiger partial charge on any atom is 1.00 e. The average Bonchev–Trinajstić information content (AvgIpc) is 2.95. The number of hydrogen-bond acceptors (Lipinski definition) is 19. The number of aliphatic hydroxyl groups is 6. The third-order valence-corrected chi connectivity index (χ3v) is 8.51. The summed E-state index contributed by atoms with van der Waals surface area (Å²) < 4.78 is 42.3. The van der Waals surface area contributed by atoms with Crippen molar-refractivity contribution in [2.75, 3.05) is 19.8 Å². The standard InChI is InChI=1S/C26H51N3O15S.Na/c1-25(2,3)13-10(7-30)37-22(14(27)17(13)33)40-20-11(8-31)38-23(15(28)18(20)34)41-21-12(9-32)39-24(42-26(4,5)6)16(19(21)35)29-45-44-43-36;/h10-24,29-36H,7-9,27-28H2,1-6H3;/q;+1/p-1. The molecule has 18 nitrogen and oxygen atoms in total. The van der Waals surface area contributed by atoms with Crippen LogP contribution in [0.15, 0.2) is 0 Å². The third-order valence-electron chi connectivity index (χ3n) is 8.02. The first-order valence-electron chi connectivity index (χ1n) is 14.7. The minimum absolute atomic E-state index is 0. The molecule has 0 aliphatic carbocycles.